The molecule has 90 valence electrons. The molecular formula is C13H11ClN4. The predicted octanol–water partition coefficient (Wildman–Crippen LogP) is 2.64. The number of nitrogens with zero attached hydrogens (tertiary/aromatic N) is 4. The minimum atomic E-state index is 0.460. The first-order chi connectivity index (χ1) is 8.70. The lowest BCUT2D eigenvalue weighted by molar-refractivity contribution is 0.887. The van der Waals surface area contributed by atoms with Gasteiger partial charge in [0.15, 0.2) is 0 Å². The van der Waals surface area contributed by atoms with Crippen molar-refractivity contribution in [2.45, 2.75) is 6.54 Å². The van der Waals surface area contributed by atoms with Crippen LogP contribution in [0.1, 0.15) is 11.1 Å². The maximum absolute atomic E-state index is 9.00. The minimum Gasteiger partial charge on any atom is -0.354 e. The van der Waals surface area contributed by atoms with E-state index >= 15 is 0 Å². The molecule has 0 saturated heterocycles. The average Bonchev–Trinajstić information content (AvgIpc) is 2.38. The van der Waals surface area contributed by atoms with Crippen LogP contribution in [0.25, 0.3) is 0 Å². The molecule has 0 aliphatic carbocycles. The molecule has 0 fully saturated rings. The Morgan fingerprint density at radius 2 is 2.28 bits per heavy atom. The summed E-state index contributed by atoms with van der Waals surface area (Å²) >= 11 is 5.94. The Morgan fingerprint density at radius 1 is 1.44 bits per heavy atom. The maximum atomic E-state index is 9.00. The summed E-state index contributed by atoms with van der Waals surface area (Å²) in [5.41, 5.74) is 1.52. The highest BCUT2D eigenvalue weighted by Gasteiger charge is 2.09. The first kappa shape index (κ1) is 12.3. The van der Waals surface area contributed by atoms with Gasteiger partial charge in [0.25, 0.3) is 0 Å². The van der Waals surface area contributed by atoms with E-state index in [9.17, 15) is 0 Å². The van der Waals surface area contributed by atoms with E-state index in [-0.39, 0.29) is 0 Å². The highest BCUT2D eigenvalue weighted by atomic mass is 35.5. The second kappa shape index (κ2) is 5.48. The number of hydrogen-bond donors (Lipinski definition) is 0. The summed E-state index contributed by atoms with van der Waals surface area (Å²) in [6.45, 7) is 0.631. The lowest BCUT2D eigenvalue weighted by Gasteiger charge is -2.18. The van der Waals surface area contributed by atoms with Crippen LogP contribution in [0.5, 0.6) is 0 Å². The van der Waals surface area contributed by atoms with Crippen molar-refractivity contribution < 1.29 is 0 Å². The molecule has 1 aromatic heterocycles. The molecule has 5 heteroatoms. The molecule has 0 saturated carbocycles. The Labute approximate surface area is 110 Å². The van der Waals surface area contributed by atoms with Crippen molar-refractivity contribution in [1.82, 2.24) is 9.97 Å². The fourth-order valence-electron chi connectivity index (χ4n) is 1.69. The molecule has 0 radical (unpaired) electrons. The smallest absolute Gasteiger partial charge is 0.150 e. The van der Waals surface area contributed by atoms with Crippen molar-refractivity contribution in [3.05, 3.63) is 52.9 Å². The van der Waals surface area contributed by atoms with E-state index in [1.807, 2.05) is 36.2 Å². The van der Waals surface area contributed by atoms with Gasteiger partial charge < -0.3 is 4.90 Å². The van der Waals surface area contributed by atoms with Crippen LogP contribution in [0.15, 0.2) is 36.8 Å². The van der Waals surface area contributed by atoms with E-state index in [2.05, 4.69) is 16.0 Å². The molecule has 0 N–H and O–H groups in total. The van der Waals surface area contributed by atoms with E-state index in [0.29, 0.717) is 22.9 Å². The molecule has 0 unspecified atom stereocenters. The largest absolute Gasteiger partial charge is 0.354 e. The van der Waals surface area contributed by atoms with Gasteiger partial charge in [-0.1, -0.05) is 23.7 Å². The quantitative estimate of drug-likeness (QED) is 0.849. The first-order valence-electron chi connectivity index (χ1n) is 5.36. The van der Waals surface area contributed by atoms with Gasteiger partial charge in [0, 0.05) is 18.6 Å². The molecule has 0 amide bonds. The Kier molecular flexibility index (Phi) is 3.75. The van der Waals surface area contributed by atoms with Gasteiger partial charge in [-0.15, -0.1) is 0 Å². The maximum Gasteiger partial charge on any atom is 0.150 e. The van der Waals surface area contributed by atoms with Crippen LogP contribution >= 0.6 is 11.6 Å². The number of aromatic nitrogens is 2. The Morgan fingerprint density at radius 3 is 3.00 bits per heavy atom. The van der Waals surface area contributed by atoms with Gasteiger partial charge >= 0.3 is 0 Å². The Balaban J connectivity index is 2.22. The summed E-state index contributed by atoms with van der Waals surface area (Å²) in [6, 6.07) is 9.69. The highest BCUT2D eigenvalue weighted by Crippen LogP contribution is 2.18. The number of benzene rings is 1. The number of hydrogen-bond acceptors (Lipinski definition) is 4. The lowest BCUT2D eigenvalue weighted by Crippen LogP contribution is -2.19. The zero-order valence-electron chi connectivity index (χ0n) is 9.84. The molecule has 0 aliphatic rings. The molecule has 4 nitrogen and oxygen atoms in total. The van der Waals surface area contributed by atoms with Crippen LogP contribution in [0.4, 0.5) is 5.82 Å². The average molecular weight is 259 g/mol. The summed E-state index contributed by atoms with van der Waals surface area (Å²) < 4.78 is 0. The van der Waals surface area contributed by atoms with Crippen molar-refractivity contribution in [3.63, 3.8) is 0 Å². The van der Waals surface area contributed by atoms with Gasteiger partial charge in [-0.2, -0.15) is 5.26 Å². The molecule has 2 rings (SSSR count). The van der Waals surface area contributed by atoms with E-state index in [1.165, 1.54) is 12.5 Å². The molecule has 0 atom stereocenters. The van der Waals surface area contributed by atoms with E-state index in [0.717, 1.165) is 5.56 Å². The van der Waals surface area contributed by atoms with Gasteiger partial charge in [0.05, 0.1) is 6.20 Å². The van der Waals surface area contributed by atoms with E-state index in [1.54, 1.807) is 0 Å². The summed E-state index contributed by atoms with van der Waals surface area (Å²) in [7, 11) is 1.88. The Hall–Kier alpha value is -2.12. The zero-order valence-corrected chi connectivity index (χ0v) is 10.6. The monoisotopic (exact) mass is 258 g/mol. The number of anilines is 1. The van der Waals surface area contributed by atoms with Crippen LogP contribution in [-0.2, 0) is 6.54 Å². The van der Waals surface area contributed by atoms with Crippen LogP contribution in [-0.4, -0.2) is 17.0 Å². The number of rotatable bonds is 3. The molecule has 0 aliphatic heterocycles. The SMILES string of the molecule is CN(Cc1cccc(Cl)c1)c1ncncc1C#N. The van der Waals surface area contributed by atoms with Crippen molar-refractivity contribution >= 4 is 17.4 Å². The standard InChI is InChI=1S/C13H11ClN4/c1-18(8-10-3-2-4-12(14)5-10)13-11(6-15)7-16-9-17-13/h2-5,7,9H,8H2,1H3. The normalized spacial score (nSPS) is 9.83. The van der Waals surface area contributed by atoms with Crippen molar-refractivity contribution in [1.29, 1.82) is 5.26 Å². The fourth-order valence-corrected chi connectivity index (χ4v) is 1.90. The van der Waals surface area contributed by atoms with Gasteiger partial charge in [0.1, 0.15) is 23.8 Å². The Bertz CT molecular complexity index is 592. The summed E-state index contributed by atoms with van der Waals surface area (Å²) in [5, 5.41) is 9.70. The van der Waals surface area contributed by atoms with Crippen LogP contribution in [0.2, 0.25) is 5.02 Å². The van der Waals surface area contributed by atoms with Crippen LogP contribution in [0.3, 0.4) is 0 Å². The first-order valence-corrected chi connectivity index (χ1v) is 5.74. The summed E-state index contributed by atoms with van der Waals surface area (Å²) in [4.78, 5) is 9.86. The second-order valence-corrected chi connectivity index (χ2v) is 4.29. The fraction of sp³-hybridized carbons (Fsp3) is 0.154. The number of nitriles is 1. The zero-order chi connectivity index (χ0) is 13.0. The molecule has 1 aromatic carbocycles. The van der Waals surface area contributed by atoms with Crippen LogP contribution in [0, 0.1) is 11.3 Å². The second-order valence-electron chi connectivity index (χ2n) is 3.86. The van der Waals surface area contributed by atoms with Crippen molar-refractivity contribution in [2.24, 2.45) is 0 Å². The molecule has 1 heterocycles. The number of halogens is 1. The van der Waals surface area contributed by atoms with E-state index < -0.39 is 0 Å². The predicted molar refractivity (Wildman–Crippen MR) is 70.3 cm³/mol. The third kappa shape index (κ3) is 2.76. The third-order valence-corrected chi connectivity index (χ3v) is 2.72. The minimum absolute atomic E-state index is 0.460. The summed E-state index contributed by atoms with van der Waals surface area (Å²) in [5.74, 6) is 0.618. The lowest BCUT2D eigenvalue weighted by atomic mass is 10.2. The highest BCUT2D eigenvalue weighted by molar-refractivity contribution is 6.30. The summed E-state index contributed by atoms with van der Waals surface area (Å²) in [6.07, 6.45) is 2.95. The van der Waals surface area contributed by atoms with Crippen molar-refractivity contribution in [3.8, 4) is 6.07 Å². The molecule has 2 aromatic rings. The van der Waals surface area contributed by atoms with Gasteiger partial charge in [-0.05, 0) is 17.7 Å². The molecule has 18 heavy (non-hydrogen) atoms. The molecule has 0 spiro atoms. The van der Waals surface area contributed by atoms with E-state index in [4.69, 9.17) is 16.9 Å². The van der Waals surface area contributed by atoms with Crippen molar-refractivity contribution in [2.75, 3.05) is 11.9 Å². The molecular weight excluding hydrogens is 248 g/mol. The molecule has 0 bridgehead atoms. The topological polar surface area (TPSA) is 52.8 Å². The van der Waals surface area contributed by atoms with Crippen LogP contribution < -0.4 is 4.90 Å². The van der Waals surface area contributed by atoms with Gasteiger partial charge in [-0.25, -0.2) is 9.97 Å². The third-order valence-electron chi connectivity index (χ3n) is 2.48. The van der Waals surface area contributed by atoms with Gasteiger partial charge in [-0.3, -0.25) is 0 Å². The van der Waals surface area contributed by atoms with Gasteiger partial charge in [0.2, 0.25) is 0 Å².